The monoisotopic (exact) mass is 411 g/mol. The van der Waals surface area contributed by atoms with Crippen molar-refractivity contribution < 1.29 is 9.59 Å². The van der Waals surface area contributed by atoms with Gasteiger partial charge in [0.2, 0.25) is 5.95 Å². The van der Waals surface area contributed by atoms with Crippen molar-refractivity contribution in [2.24, 2.45) is 0 Å². The van der Waals surface area contributed by atoms with Crippen molar-refractivity contribution in [1.29, 1.82) is 0 Å². The smallest absolute Gasteiger partial charge is 0.290 e. The predicted molar refractivity (Wildman–Crippen MR) is 110 cm³/mol. The average molecular weight is 411 g/mol. The van der Waals surface area contributed by atoms with Gasteiger partial charge in [-0.05, 0) is 49.6 Å². The van der Waals surface area contributed by atoms with Crippen LogP contribution in [0.4, 0.5) is 10.7 Å². The summed E-state index contributed by atoms with van der Waals surface area (Å²) in [5.74, 6) is 0.146. The minimum absolute atomic E-state index is 0.307. The van der Waals surface area contributed by atoms with Crippen molar-refractivity contribution in [2.75, 3.05) is 5.32 Å². The Morgan fingerprint density at radius 1 is 1.14 bits per heavy atom. The molecule has 0 bridgehead atoms. The molecule has 2 aliphatic rings. The zero-order valence-electron chi connectivity index (χ0n) is 15.7. The van der Waals surface area contributed by atoms with Crippen LogP contribution >= 0.6 is 11.8 Å². The summed E-state index contributed by atoms with van der Waals surface area (Å²) in [5, 5.41) is 8.83. The van der Waals surface area contributed by atoms with Crippen molar-refractivity contribution in [1.82, 2.24) is 30.6 Å². The Labute approximate surface area is 172 Å². The summed E-state index contributed by atoms with van der Waals surface area (Å²) in [6.45, 7) is 0.775. The normalized spacial score (nSPS) is 23.2. The number of nitrogens with zero attached hydrogens (tertiary/aromatic N) is 4. The Hall–Kier alpha value is -2.85. The maximum Gasteiger partial charge on any atom is 0.290 e. The third-order valence-corrected chi connectivity index (χ3v) is 5.68. The molecule has 150 valence electrons. The second kappa shape index (κ2) is 9.10. The molecule has 3 heterocycles. The molecule has 2 aromatic heterocycles. The molecule has 0 radical (unpaired) electrons. The van der Waals surface area contributed by atoms with E-state index in [1.807, 2.05) is 12.4 Å². The molecule has 10 heteroatoms. The standard InChI is InChI=1S/C19H21N7O2S/c27-17-16(29-19(28)26-17)7-15-5-6-22-18(25-15)24-14-3-1-13(2-4-14)23-10-12-8-20-11-21-9-12/h5-9,11,13-14,23H,1-4,10H2,(H,22,24,25)(H,26,27,28)/b16-7-/t13-,14-. The molecular formula is C19H21N7O2S. The van der Waals surface area contributed by atoms with Gasteiger partial charge in [0.15, 0.2) is 0 Å². The lowest BCUT2D eigenvalue weighted by Gasteiger charge is -2.29. The summed E-state index contributed by atoms with van der Waals surface area (Å²) in [4.78, 5) is 40.1. The maximum absolute atomic E-state index is 11.7. The summed E-state index contributed by atoms with van der Waals surface area (Å²) < 4.78 is 0. The van der Waals surface area contributed by atoms with Gasteiger partial charge in [-0.15, -0.1) is 0 Å². The Morgan fingerprint density at radius 2 is 1.90 bits per heavy atom. The van der Waals surface area contributed by atoms with E-state index in [1.165, 1.54) is 6.33 Å². The molecule has 2 aromatic rings. The highest BCUT2D eigenvalue weighted by atomic mass is 32.2. The molecule has 1 saturated carbocycles. The minimum atomic E-state index is -0.388. The summed E-state index contributed by atoms with van der Waals surface area (Å²) in [5.41, 5.74) is 1.68. The zero-order chi connectivity index (χ0) is 20.1. The Kier molecular flexibility index (Phi) is 6.11. The number of rotatable bonds is 6. The number of imide groups is 1. The number of carbonyl (C=O) groups is 2. The number of aromatic nitrogens is 4. The fourth-order valence-corrected chi connectivity index (χ4v) is 4.05. The van der Waals surface area contributed by atoms with Crippen LogP contribution in [0.3, 0.4) is 0 Å². The van der Waals surface area contributed by atoms with Crippen LogP contribution in [0.5, 0.6) is 0 Å². The van der Waals surface area contributed by atoms with Gasteiger partial charge in [0, 0.05) is 42.8 Å². The van der Waals surface area contributed by atoms with Gasteiger partial charge in [-0.3, -0.25) is 14.9 Å². The summed E-state index contributed by atoms with van der Waals surface area (Å²) in [7, 11) is 0. The topological polar surface area (TPSA) is 122 Å². The van der Waals surface area contributed by atoms with Crippen molar-refractivity contribution in [3.05, 3.63) is 47.1 Å². The van der Waals surface area contributed by atoms with Crippen molar-refractivity contribution >= 4 is 34.9 Å². The lowest BCUT2D eigenvalue weighted by molar-refractivity contribution is -0.115. The number of anilines is 1. The van der Waals surface area contributed by atoms with Crippen LogP contribution in [0, 0.1) is 0 Å². The van der Waals surface area contributed by atoms with Crippen molar-refractivity contribution in [3.8, 4) is 0 Å². The first kappa shape index (κ1) is 19.5. The molecule has 0 spiro atoms. The van der Waals surface area contributed by atoms with E-state index in [-0.39, 0.29) is 11.1 Å². The fraction of sp³-hybridized carbons (Fsp3) is 0.368. The van der Waals surface area contributed by atoms with E-state index in [4.69, 9.17) is 0 Å². The molecule has 3 N–H and O–H groups in total. The summed E-state index contributed by atoms with van der Waals surface area (Å²) in [6, 6.07) is 2.49. The van der Waals surface area contributed by atoms with Crippen LogP contribution < -0.4 is 16.0 Å². The number of hydrogen-bond donors (Lipinski definition) is 3. The third kappa shape index (κ3) is 5.36. The van der Waals surface area contributed by atoms with E-state index in [9.17, 15) is 9.59 Å². The van der Waals surface area contributed by atoms with Crippen LogP contribution in [0.2, 0.25) is 0 Å². The van der Waals surface area contributed by atoms with E-state index in [2.05, 4.69) is 35.9 Å². The SMILES string of the molecule is O=C1NC(=O)/C(=C/c2ccnc(N[C@H]3CC[C@H](NCc4cncnc4)CC3)n2)S1. The van der Waals surface area contributed by atoms with Crippen LogP contribution in [0.1, 0.15) is 36.9 Å². The van der Waals surface area contributed by atoms with E-state index >= 15 is 0 Å². The second-order valence-electron chi connectivity index (χ2n) is 6.98. The van der Waals surface area contributed by atoms with Crippen LogP contribution in [-0.2, 0) is 11.3 Å². The van der Waals surface area contributed by atoms with Gasteiger partial charge in [-0.1, -0.05) is 0 Å². The molecular weight excluding hydrogens is 390 g/mol. The summed E-state index contributed by atoms with van der Waals surface area (Å²) >= 11 is 0.879. The first-order valence-electron chi connectivity index (χ1n) is 9.47. The average Bonchev–Trinajstić information content (AvgIpc) is 3.05. The first-order valence-corrected chi connectivity index (χ1v) is 10.3. The molecule has 1 aliphatic heterocycles. The van der Waals surface area contributed by atoms with Crippen molar-refractivity contribution in [2.45, 2.75) is 44.3 Å². The first-order chi connectivity index (χ1) is 14.2. The highest BCUT2D eigenvalue weighted by molar-refractivity contribution is 8.18. The highest BCUT2D eigenvalue weighted by Crippen LogP contribution is 2.25. The van der Waals surface area contributed by atoms with Gasteiger partial charge >= 0.3 is 0 Å². The summed E-state index contributed by atoms with van der Waals surface area (Å²) in [6.07, 6.45) is 12.6. The largest absolute Gasteiger partial charge is 0.351 e. The molecule has 1 saturated heterocycles. The van der Waals surface area contributed by atoms with Gasteiger partial charge in [-0.25, -0.2) is 19.9 Å². The van der Waals surface area contributed by atoms with E-state index in [0.717, 1.165) is 49.6 Å². The fourth-order valence-electron chi connectivity index (χ4n) is 3.39. The molecule has 4 rings (SSSR count). The van der Waals surface area contributed by atoms with Gasteiger partial charge < -0.3 is 10.6 Å². The minimum Gasteiger partial charge on any atom is -0.351 e. The molecule has 2 fully saturated rings. The molecule has 9 nitrogen and oxygen atoms in total. The molecule has 0 atom stereocenters. The lowest BCUT2D eigenvalue weighted by atomic mass is 9.91. The van der Waals surface area contributed by atoms with E-state index in [1.54, 1.807) is 18.3 Å². The molecule has 1 aliphatic carbocycles. The van der Waals surface area contributed by atoms with Gasteiger partial charge in [0.25, 0.3) is 11.1 Å². The highest BCUT2D eigenvalue weighted by Gasteiger charge is 2.25. The van der Waals surface area contributed by atoms with E-state index < -0.39 is 0 Å². The van der Waals surface area contributed by atoms with Crippen molar-refractivity contribution in [3.63, 3.8) is 0 Å². The Bertz CT molecular complexity index is 914. The molecule has 2 amide bonds. The van der Waals surface area contributed by atoms with Crippen LogP contribution in [-0.4, -0.2) is 43.2 Å². The Morgan fingerprint density at radius 3 is 2.62 bits per heavy atom. The van der Waals surface area contributed by atoms with Crippen LogP contribution in [0.25, 0.3) is 6.08 Å². The number of amides is 2. The Balaban J connectivity index is 1.28. The predicted octanol–water partition coefficient (Wildman–Crippen LogP) is 2.10. The quantitative estimate of drug-likeness (QED) is 0.613. The second-order valence-corrected chi connectivity index (χ2v) is 7.99. The van der Waals surface area contributed by atoms with Gasteiger partial charge in [0.1, 0.15) is 6.33 Å². The number of hydrogen-bond acceptors (Lipinski definition) is 9. The molecule has 0 unspecified atom stereocenters. The number of thioether (sulfide) groups is 1. The third-order valence-electron chi connectivity index (χ3n) is 4.87. The zero-order valence-corrected chi connectivity index (χ0v) is 16.5. The van der Waals surface area contributed by atoms with Gasteiger partial charge in [-0.2, -0.15) is 0 Å². The molecule has 0 aromatic carbocycles. The van der Waals surface area contributed by atoms with Crippen LogP contribution in [0.15, 0.2) is 35.9 Å². The van der Waals surface area contributed by atoms with Gasteiger partial charge in [0.05, 0.1) is 10.6 Å². The van der Waals surface area contributed by atoms with E-state index in [0.29, 0.717) is 28.6 Å². The maximum atomic E-state index is 11.7. The lowest BCUT2D eigenvalue weighted by Crippen LogP contribution is -2.36. The molecule has 29 heavy (non-hydrogen) atoms. The number of carbonyl (C=O) groups excluding carboxylic acids is 2. The number of nitrogens with one attached hydrogen (secondary N) is 3.